The fourth-order valence-electron chi connectivity index (χ4n) is 2.40. The van der Waals surface area contributed by atoms with Crippen LogP contribution in [-0.2, 0) is 0 Å². The maximum Gasteiger partial charge on any atom is 0.407 e. The molecular weight excluding hydrogens is 204 g/mol. The summed E-state index contributed by atoms with van der Waals surface area (Å²) in [6, 6.07) is 0. The Balaban J connectivity index is 2.71. The molecule has 0 aliphatic heterocycles. The van der Waals surface area contributed by atoms with Crippen molar-refractivity contribution in [1.29, 1.82) is 0 Å². The zero-order chi connectivity index (χ0) is 12.4. The van der Waals surface area contributed by atoms with Gasteiger partial charge in [-0.25, -0.2) is 4.79 Å². The van der Waals surface area contributed by atoms with E-state index in [0.29, 0.717) is 13.1 Å². The molecule has 1 aliphatic carbocycles. The molecule has 1 amide bonds. The Morgan fingerprint density at radius 1 is 1.44 bits per heavy atom. The molecule has 0 unspecified atom stereocenters. The largest absolute Gasteiger partial charge is 0.465 e. The van der Waals surface area contributed by atoms with Crippen LogP contribution in [-0.4, -0.2) is 34.7 Å². The first kappa shape index (κ1) is 13.3. The van der Waals surface area contributed by atoms with Crippen molar-refractivity contribution in [2.24, 2.45) is 11.1 Å². The summed E-state index contributed by atoms with van der Waals surface area (Å²) < 4.78 is 0. The molecule has 0 spiro atoms. The Bertz CT molecular complexity index is 254. The van der Waals surface area contributed by atoms with Crippen LogP contribution in [0, 0.1) is 5.41 Å². The lowest BCUT2D eigenvalue weighted by atomic mass is 9.66. The molecule has 1 rings (SSSR count). The van der Waals surface area contributed by atoms with Gasteiger partial charge >= 0.3 is 6.09 Å². The number of hydrogen-bond acceptors (Lipinski definition) is 2. The Labute approximate surface area is 97.8 Å². The van der Waals surface area contributed by atoms with Crippen LogP contribution < -0.4 is 5.73 Å². The van der Waals surface area contributed by atoms with E-state index in [1.807, 2.05) is 20.8 Å². The molecule has 3 N–H and O–H groups in total. The van der Waals surface area contributed by atoms with Gasteiger partial charge < -0.3 is 15.7 Å². The van der Waals surface area contributed by atoms with E-state index in [1.54, 1.807) is 4.90 Å². The number of nitrogens with zero attached hydrogens (tertiary/aromatic N) is 1. The van der Waals surface area contributed by atoms with Crippen molar-refractivity contribution >= 4 is 6.09 Å². The molecule has 0 atom stereocenters. The highest BCUT2D eigenvalue weighted by atomic mass is 16.4. The van der Waals surface area contributed by atoms with Gasteiger partial charge in [-0.15, -0.1) is 0 Å². The molecular formula is C12H24N2O2. The van der Waals surface area contributed by atoms with Crippen molar-refractivity contribution in [1.82, 2.24) is 4.90 Å². The van der Waals surface area contributed by atoms with Crippen molar-refractivity contribution in [3.8, 4) is 0 Å². The topological polar surface area (TPSA) is 66.6 Å². The van der Waals surface area contributed by atoms with Crippen LogP contribution in [0.5, 0.6) is 0 Å². The third-order valence-corrected chi connectivity index (χ3v) is 3.62. The van der Waals surface area contributed by atoms with Crippen LogP contribution in [0.25, 0.3) is 0 Å². The molecule has 0 aromatic heterocycles. The van der Waals surface area contributed by atoms with Crippen molar-refractivity contribution in [2.45, 2.75) is 52.0 Å². The van der Waals surface area contributed by atoms with Crippen LogP contribution in [0.3, 0.4) is 0 Å². The molecule has 0 heterocycles. The van der Waals surface area contributed by atoms with Gasteiger partial charge in [-0.2, -0.15) is 0 Å². The lowest BCUT2D eigenvalue weighted by Gasteiger charge is -2.47. The van der Waals surface area contributed by atoms with Crippen LogP contribution in [0.1, 0.15) is 46.5 Å². The molecule has 16 heavy (non-hydrogen) atoms. The van der Waals surface area contributed by atoms with E-state index < -0.39 is 6.09 Å². The summed E-state index contributed by atoms with van der Waals surface area (Å²) in [5.74, 6) is 0. The molecule has 0 bridgehead atoms. The van der Waals surface area contributed by atoms with Gasteiger partial charge in [0.05, 0.1) is 0 Å². The molecule has 0 aromatic carbocycles. The van der Waals surface area contributed by atoms with Crippen molar-refractivity contribution < 1.29 is 9.90 Å². The second kappa shape index (κ2) is 4.62. The first-order valence-electron chi connectivity index (χ1n) is 6.01. The standard InChI is InChI=1S/C12H24N2O2/c1-11(2,3)14(10(15)16)9-12(7-8-13)5-4-6-12/h4-9,13H2,1-3H3,(H,15,16). The highest BCUT2D eigenvalue weighted by molar-refractivity contribution is 5.66. The molecule has 1 saturated carbocycles. The zero-order valence-electron chi connectivity index (χ0n) is 10.6. The van der Waals surface area contributed by atoms with Gasteiger partial charge in [0, 0.05) is 12.1 Å². The van der Waals surface area contributed by atoms with Gasteiger partial charge in [-0.3, -0.25) is 0 Å². The molecule has 0 radical (unpaired) electrons. The molecule has 94 valence electrons. The predicted molar refractivity (Wildman–Crippen MR) is 64.4 cm³/mol. The minimum atomic E-state index is -0.823. The minimum absolute atomic E-state index is 0.153. The van der Waals surface area contributed by atoms with Crippen LogP contribution in [0.2, 0.25) is 0 Å². The second-order valence-corrected chi connectivity index (χ2v) is 5.93. The Morgan fingerprint density at radius 3 is 2.25 bits per heavy atom. The smallest absolute Gasteiger partial charge is 0.407 e. The van der Waals surface area contributed by atoms with Crippen LogP contribution >= 0.6 is 0 Å². The lowest BCUT2D eigenvalue weighted by molar-refractivity contribution is 0.0220. The maximum absolute atomic E-state index is 11.3. The first-order chi connectivity index (χ1) is 7.31. The molecule has 0 saturated heterocycles. The lowest BCUT2D eigenvalue weighted by Crippen LogP contribution is -2.52. The number of carbonyl (C=O) groups is 1. The van der Waals surface area contributed by atoms with E-state index >= 15 is 0 Å². The predicted octanol–water partition coefficient (Wildman–Crippen LogP) is 2.28. The van der Waals surface area contributed by atoms with Crippen LogP contribution in [0.4, 0.5) is 4.79 Å². The second-order valence-electron chi connectivity index (χ2n) is 5.93. The van der Waals surface area contributed by atoms with Gasteiger partial charge in [0.1, 0.15) is 0 Å². The third-order valence-electron chi connectivity index (χ3n) is 3.62. The first-order valence-corrected chi connectivity index (χ1v) is 6.01. The van der Waals surface area contributed by atoms with Gasteiger partial charge in [0.25, 0.3) is 0 Å². The average molecular weight is 228 g/mol. The molecule has 4 nitrogen and oxygen atoms in total. The van der Waals surface area contributed by atoms with E-state index in [0.717, 1.165) is 19.3 Å². The third kappa shape index (κ3) is 2.88. The summed E-state index contributed by atoms with van der Waals surface area (Å²) in [6.07, 6.45) is 3.55. The Morgan fingerprint density at radius 2 is 2.00 bits per heavy atom. The monoisotopic (exact) mass is 228 g/mol. The molecule has 1 aliphatic rings. The van der Waals surface area contributed by atoms with E-state index in [-0.39, 0.29) is 11.0 Å². The highest BCUT2D eigenvalue weighted by Crippen LogP contribution is 2.45. The van der Waals surface area contributed by atoms with Gasteiger partial charge in [0.2, 0.25) is 0 Å². The van der Waals surface area contributed by atoms with E-state index in [4.69, 9.17) is 5.73 Å². The van der Waals surface area contributed by atoms with E-state index in [2.05, 4.69) is 0 Å². The highest BCUT2D eigenvalue weighted by Gasteiger charge is 2.41. The number of nitrogens with two attached hydrogens (primary N) is 1. The number of amides is 1. The fraction of sp³-hybridized carbons (Fsp3) is 0.917. The summed E-state index contributed by atoms with van der Waals surface area (Å²) in [4.78, 5) is 12.8. The number of hydrogen-bond donors (Lipinski definition) is 2. The van der Waals surface area contributed by atoms with Gasteiger partial charge in [-0.05, 0) is 52.0 Å². The van der Waals surface area contributed by atoms with Crippen molar-refractivity contribution in [3.05, 3.63) is 0 Å². The normalized spacial score (nSPS) is 19.0. The van der Waals surface area contributed by atoms with Crippen molar-refractivity contribution in [2.75, 3.05) is 13.1 Å². The van der Waals surface area contributed by atoms with Gasteiger partial charge in [-0.1, -0.05) is 6.42 Å². The molecule has 1 fully saturated rings. The summed E-state index contributed by atoms with van der Waals surface area (Å²) >= 11 is 0. The summed E-state index contributed by atoms with van der Waals surface area (Å²) in [6.45, 7) is 7.10. The maximum atomic E-state index is 11.3. The molecule has 0 aromatic rings. The molecule has 4 heteroatoms. The fourth-order valence-corrected chi connectivity index (χ4v) is 2.40. The van der Waals surface area contributed by atoms with Gasteiger partial charge in [0.15, 0.2) is 0 Å². The Kier molecular flexibility index (Phi) is 3.84. The quantitative estimate of drug-likeness (QED) is 0.775. The van der Waals surface area contributed by atoms with Crippen LogP contribution in [0.15, 0.2) is 0 Å². The minimum Gasteiger partial charge on any atom is -0.465 e. The average Bonchev–Trinajstić information content (AvgIpc) is 2.06. The summed E-state index contributed by atoms with van der Waals surface area (Å²) in [7, 11) is 0. The van der Waals surface area contributed by atoms with E-state index in [1.165, 1.54) is 6.42 Å². The summed E-state index contributed by atoms with van der Waals surface area (Å²) in [5, 5.41) is 9.25. The number of carboxylic acid groups (broad SMARTS) is 1. The Hall–Kier alpha value is -0.770. The van der Waals surface area contributed by atoms with Crippen molar-refractivity contribution in [3.63, 3.8) is 0 Å². The van der Waals surface area contributed by atoms with E-state index in [9.17, 15) is 9.90 Å². The SMILES string of the molecule is CC(C)(C)N(CC1(CCN)CCC1)C(=O)O. The summed E-state index contributed by atoms with van der Waals surface area (Å²) in [5.41, 5.74) is 5.44. The number of rotatable bonds is 4. The zero-order valence-corrected chi connectivity index (χ0v) is 10.6.